The number of carbonyl (C=O) groups excluding carboxylic acids is 5. The van der Waals surface area contributed by atoms with Gasteiger partial charge in [-0.05, 0) is 80.3 Å². The van der Waals surface area contributed by atoms with Crippen molar-refractivity contribution in [3.8, 4) is 22.8 Å². The van der Waals surface area contributed by atoms with Crippen LogP contribution < -0.4 is 21.1 Å². The number of nitrogen functional groups attached to an aromatic ring is 1. The van der Waals surface area contributed by atoms with Crippen molar-refractivity contribution >= 4 is 52.1 Å². The molecule has 3 aliphatic heterocycles. The molecule has 0 bridgehead atoms. The second kappa shape index (κ2) is 18.5. The highest BCUT2D eigenvalue weighted by Gasteiger charge is 2.45. The monoisotopic (exact) mass is 827 g/mol. The van der Waals surface area contributed by atoms with Gasteiger partial charge in [-0.3, -0.25) is 34.2 Å². The normalized spacial score (nSPS) is 17.9. The molecule has 5 amide bonds. The number of carbonyl (C=O) groups is 5. The molecule has 61 heavy (non-hydrogen) atoms. The molecule has 2 unspecified atom stereocenters. The molecule has 5 heterocycles. The lowest BCUT2D eigenvalue weighted by Crippen LogP contribution is -2.54. The Hall–Kier alpha value is -6.98. The summed E-state index contributed by atoms with van der Waals surface area (Å²) in [7, 11) is 0. The molecule has 2 aromatic heterocycles. The van der Waals surface area contributed by atoms with Crippen molar-refractivity contribution in [2.75, 3.05) is 57.1 Å². The fourth-order valence-corrected chi connectivity index (χ4v) is 7.80. The summed E-state index contributed by atoms with van der Waals surface area (Å²) >= 11 is 0. The first-order valence-electron chi connectivity index (χ1n) is 20.3. The predicted octanol–water partition coefficient (Wildman–Crippen LogP) is 4.52. The van der Waals surface area contributed by atoms with Gasteiger partial charge in [0.1, 0.15) is 35.4 Å². The third-order valence-electron chi connectivity index (χ3n) is 10.8. The number of likely N-dealkylation sites (tertiary alicyclic amines) is 1. The van der Waals surface area contributed by atoms with Crippen molar-refractivity contribution in [3.63, 3.8) is 0 Å². The Morgan fingerprint density at radius 1 is 0.885 bits per heavy atom. The van der Waals surface area contributed by atoms with Crippen molar-refractivity contribution in [1.82, 2.24) is 34.9 Å². The molecular formula is C44H45N9O8. The van der Waals surface area contributed by atoms with Crippen molar-refractivity contribution < 1.29 is 38.2 Å². The number of rotatable bonds is 16. The number of nitrogens with two attached hydrogens (primary N) is 1. The number of nitrogens with one attached hydrogen (secondary N) is 2. The van der Waals surface area contributed by atoms with Crippen LogP contribution in [0.15, 0.2) is 91.3 Å². The van der Waals surface area contributed by atoms with Crippen LogP contribution in [0.5, 0.6) is 11.5 Å². The Morgan fingerprint density at radius 2 is 1.67 bits per heavy atom. The lowest BCUT2D eigenvalue weighted by atomic mass is 10.0. The molecule has 0 saturated carbocycles. The van der Waals surface area contributed by atoms with E-state index in [1.807, 2.05) is 70.3 Å². The molecule has 0 spiro atoms. The molecule has 314 valence electrons. The van der Waals surface area contributed by atoms with E-state index in [1.165, 1.54) is 6.33 Å². The Morgan fingerprint density at radius 3 is 2.48 bits per heavy atom. The number of hydrogen-bond donors (Lipinski definition) is 3. The third kappa shape index (κ3) is 8.97. The molecular weight excluding hydrogens is 783 g/mol. The van der Waals surface area contributed by atoms with E-state index in [1.54, 1.807) is 24.3 Å². The number of nitrogens with zero attached hydrogens (tertiary/aromatic N) is 6. The standard InChI is InChI=1S/C44H45N9O8/c45-40-38-39(28-14-16-31(17-15-28)61-30-9-2-1-3-10-30)50-53(41(38)48-27-47-40)29-8-7-21-51(26-29)36(55)13-4-5-22-59-24-25-60-23-20-46-33-12-6-11-32-37(33)44(58)52(43(32)57)34-18-19-35(54)49-42(34)56/h1-4,6,9-17,27,29,34,46H,5,7-8,18-26H2,(H2,45,47,48)(H,49,54,56)/b13-4+. The Labute approximate surface area is 350 Å². The molecule has 3 aromatic carbocycles. The maximum atomic E-state index is 13.3. The van der Waals surface area contributed by atoms with Crippen LogP contribution in [0.25, 0.3) is 22.3 Å². The number of amides is 5. The fraction of sp³-hybridized carbons (Fsp3) is 0.318. The first-order valence-corrected chi connectivity index (χ1v) is 20.3. The van der Waals surface area contributed by atoms with Gasteiger partial charge in [0.05, 0.1) is 49.0 Å². The average Bonchev–Trinajstić information content (AvgIpc) is 3.79. The van der Waals surface area contributed by atoms with E-state index >= 15 is 0 Å². The molecule has 2 atom stereocenters. The number of piperidine rings is 2. The number of anilines is 2. The summed E-state index contributed by atoms with van der Waals surface area (Å²) in [6.07, 6.45) is 7.15. The summed E-state index contributed by atoms with van der Waals surface area (Å²) in [5.41, 5.74) is 9.37. The van der Waals surface area contributed by atoms with Gasteiger partial charge in [0.2, 0.25) is 17.7 Å². The first-order chi connectivity index (χ1) is 29.8. The third-order valence-corrected chi connectivity index (χ3v) is 10.8. The summed E-state index contributed by atoms with van der Waals surface area (Å²) in [4.78, 5) is 75.1. The Kier molecular flexibility index (Phi) is 12.4. The van der Waals surface area contributed by atoms with Crippen molar-refractivity contribution in [2.45, 2.75) is 44.2 Å². The number of para-hydroxylation sites is 1. The molecule has 2 fully saturated rings. The molecule has 8 rings (SSSR count). The maximum absolute atomic E-state index is 13.3. The van der Waals surface area contributed by atoms with E-state index in [2.05, 4.69) is 20.6 Å². The largest absolute Gasteiger partial charge is 0.457 e. The second-order valence-electron chi connectivity index (χ2n) is 14.8. The highest BCUT2D eigenvalue weighted by Crippen LogP contribution is 2.36. The van der Waals surface area contributed by atoms with Gasteiger partial charge >= 0.3 is 0 Å². The van der Waals surface area contributed by atoms with Gasteiger partial charge in [0.15, 0.2) is 5.65 Å². The van der Waals surface area contributed by atoms with E-state index in [0.717, 1.165) is 29.1 Å². The Balaban J connectivity index is 0.764. The SMILES string of the molecule is Nc1ncnc2c1c(-c1ccc(Oc3ccccc3)cc1)nn2C1CCCN(C(=O)/C=C/CCOCCOCCNc2cccc3c2C(=O)N(C2CCC(=O)NC2=O)C3=O)C1. The lowest BCUT2D eigenvalue weighted by molar-refractivity contribution is -0.136. The van der Waals surface area contributed by atoms with Crippen LogP contribution in [0.3, 0.4) is 0 Å². The zero-order valence-corrected chi connectivity index (χ0v) is 33.3. The summed E-state index contributed by atoms with van der Waals surface area (Å²) in [6.45, 7) is 2.87. The van der Waals surface area contributed by atoms with Gasteiger partial charge in [-0.1, -0.05) is 30.3 Å². The molecule has 4 N–H and O–H groups in total. The van der Waals surface area contributed by atoms with Crippen molar-refractivity contribution in [3.05, 3.63) is 102 Å². The van der Waals surface area contributed by atoms with E-state index in [9.17, 15) is 24.0 Å². The van der Waals surface area contributed by atoms with Gasteiger partial charge in [0.25, 0.3) is 11.8 Å². The van der Waals surface area contributed by atoms with Gasteiger partial charge in [-0.2, -0.15) is 5.10 Å². The van der Waals surface area contributed by atoms with Gasteiger partial charge in [-0.25, -0.2) is 14.6 Å². The molecule has 2 saturated heterocycles. The second-order valence-corrected chi connectivity index (χ2v) is 14.8. The number of imide groups is 2. The van der Waals surface area contributed by atoms with Gasteiger partial charge in [0, 0.05) is 37.3 Å². The molecule has 3 aliphatic rings. The van der Waals surface area contributed by atoms with Crippen LogP contribution in [-0.2, 0) is 23.9 Å². The van der Waals surface area contributed by atoms with Crippen LogP contribution in [0.2, 0.25) is 0 Å². The molecule has 0 radical (unpaired) electrons. The fourth-order valence-electron chi connectivity index (χ4n) is 7.80. The highest BCUT2D eigenvalue weighted by atomic mass is 16.5. The van der Waals surface area contributed by atoms with Gasteiger partial charge < -0.3 is 30.2 Å². The molecule has 17 nitrogen and oxygen atoms in total. The van der Waals surface area contributed by atoms with E-state index in [0.29, 0.717) is 86.5 Å². The summed E-state index contributed by atoms with van der Waals surface area (Å²) < 4.78 is 19.2. The number of fused-ring (bicyclic) bond motifs is 2. The average molecular weight is 828 g/mol. The van der Waals surface area contributed by atoms with Crippen LogP contribution in [0.4, 0.5) is 11.5 Å². The highest BCUT2D eigenvalue weighted by molar-refractivity contribution is 6.25. The molecule has 17 heteroatoms. The van der Waals surface area contributed by atoms with Crippen molar-refractivity contribution in [2.24, 2.45) is 0 Å². The smallest absolute Gasteiger partial charge is 0.264 e. The van der Waals surface area contributed by atoms with Crippen LogP contribution >= 0.6 is 0 Å². The minimum atomic E-state index is -1.03. The van der Waals surface area contributed by atoms with Crippen LogP contribution in [0, 0.1) is 0 Å². The minimum absolute atomic E-state index is 0.0538. The quantitative estimate of drug-likeness (QED) is 0.0710. The van der Waals surface area contributed by atoms with Crippen molar-refractivity contribution in [1.29, 1.82) is 0 Å². The zero-order valence-electron chi connectivity index (χ0n) is 33.3. The maximum Gasteiger partial charge on any atom is 0.264 e. The van der Waals surface area contributed by atoms with E-state index in [-0.39, 0.29) is 35.9 Å². The van der Waals surface area contributed by atoms with E-state index < -0.39 is 29.7 Å². The lowest BCUT2D eigenvalue weighted by Gasteiger charge is -2.32. The minimum Gasteiger partial charge on any atom is -0.457 e. The summed E-state index contributed by atoms with van der Waals surface area (Å²) in [5.74, 6) is -0.527. The zero-order chi connectivity index (χ0) is 42.3. The number of ether oxygens (including phenoxy) is 3. The van der Waals surface area contributed by atoms with Gasteiger partial charge in [-0.15, -0.1) is 0 Å². The predicted molar refractivity (Wildman–Crippen MR) is 224 cm³/mol. The molecule has 0 aliphatic carbocycles. The topological polar surface area (TPSA) is 213 Å². The summed E-state index contributed by atoms with van der Waals surface area (Å²) in [6, 6.07) is 21.0. The van der Waals surface area contributed by atoms with E-state index in [4.69, 9.17) is 25.0 Å². The van der Waals surface area contributed by atoms with Crippen LogP contribution in [-0.4, -0.2) is 111 Å². The number of benzene rings is 3. The first kappa shape index (κ1) is 40.8. The summed E-state index contributed by atoms with van der Waals surface area (Å²) in [5, 5.41) is 11.0. The molecule has 5 aromatic rings. The number of hydrogen-bond acceptors (Lipinski definition) is 13. The van der Waals surface area contributed by atoms with Crippen LogP contribution in [0.1, 0.15) is 58.9 Å². The Bertz CT molecular complexity index is 2470. The number of aromatic nitrogens is 4.